The highest BCUT2D eigenvalue weighted by Crippen LogP contribution is 2.09. The molecule has 0 spiro atoms. The number of imidazole rings is 1. The third kappa shape index (κ3) is 0.852. The lowest BCUT2D eigenvalue weighted by atomic mass is 10.3. The average molecular weight is 160 g/mol. The van der Waals surface area contributed by atoms with E-state index in [9.17, 15) is 0 Å². The van der Waals surface area contributed by atoms with Gasteiger partial charge in [0.05, 0.1) is 11.0 Å². The molecule has 0 bridgehead atoms. The maximum absolute atomic E-state index is 7.23. The minimum absolute atomic E-state index is 0.0105. The van der Waals surface area contributed by atoms with Crippen LogP contribution >= 0.6 is 0 Å². The normalized spacial score (nSPS) is 10.3. The maximum atomic E-state index is 7.23. The van der Waals surface area contributed by atoms with Crippen LogP contribution in [0.5, 0.6) is 0 Å². The van der Waals surface area contributed by atoms with E-state index in [2.05, 4.69) is 4.98 Å². The fourth-order valence-electron chi connectivity index (χ4n) is 1.15. The van der Waals surface area contributed by atoms with Crippen molar-refractivity contribution in [2.24, 2.45) is 5.73 Å². The van der Waals surface area contributed by atoms with Crippen molar-refractivity contribution in [1.82, 2.24) is 9.55 Å². The molecular weight excluding hydrogens is 152 g/mol. The van der Waals surface area contributed by atoms with Crippen molar-refractivity contribution >= 4 is 17.0 Å². The second-order valence-electron chi connectivity index (χ2n) is 2.49. The Balaban J connectivity index is 2.79. The first-order valence-corrected chi connectivity index (χ1v) is 3.55. The zero-order valence-corrected chi connectivity index (χ0v) is 6.36. The van der Waals surface area contributed by atoms with Crippen LogP contribution in [-0.4, -0.2) is 15.5 Å². The summed E-state index contributed by atoms with van der Waals surface area (Å²) in [7, 11) is 0. The molecule has 4 heteroatoms. The van der Waals surface area contributed by atoms with Gasteiger partial charge in [0.15, 0.2) is 5.96 Å². The van der Waals surface area contributed by atoms with Crippen LogP contribution in [0.25, 0.3) is 11.0 Å². The molecule has 2 rings (SSSR count). The molecule has 0 radical (unpaired) electrons. The zero-order valence-electron chi connectivity index (χ0n) is 6.36. The lowest BCUT2D eigenvalue weighted by Crippen LogP contribution is -2.19. The number of rotatable bonds is 0. The highest BCUT2D eigenvalue weighted by molar-refractivity contribution is 5.89. The first-order chi connectivity index (χ1) is 5.79. The monoisotopic (exact) mass is 160 g/mol. The second kappa shape index (κ2) is 2.34. The van der Waals surface area contributed by atoms with Crippen LogP contribution in [0, 0.1) is 5.41 Å². The first-order valence-electron chi connectivity index (χ1n) is 3.55. The Labute approximate surface area is 69.1 Å². The van der Waals surface area contributed by atoms with E-state index < -0.39 is 0 Å². The van der Waals surface area contributed by atoms with Crippen molar-refractivity contribution in [3.63, 3.8) is 0 Å². The molecule has 0 saturated carbocycles. The average Bonchev–Trinajstić information content (AvgIpc) is 2.47. The van der Waals surface area contributed by atoms with E-state index in [-0.39, 0.29) is 5.96 Å². The summed E-state index contributed by atoms with van der Waals surface area (Å²) < 4.78 is 1.54. The lowest BCUT2D eigenvalue weighted by Gasteiger charge is -1.97. The number of hydrogen-bond acceptors (Lipinski definition) is 2. The van der Waals surface area contributed by atoms with Crippen LogP contribution in [-0.2, 0) is 0 Å². The molecule has 4 nitrogen and oxygen atoms in total. The van der Waals surface area contributed by atoms with Gasteiger partial charge in [0.1, 0.15) is 6.33 Å². The zero-order chi connectivity index (χ0) is 8.55. The summed E-state index contributed by atoms with van der Waals surface area (Å²) in [6.07, 6.45) is 1.55. The van der Waals surface area contributed by atoms with Crippen molar-refractivity contribution in [1.29, 1.82) is 5.41 Å². The smallest absolute Gasteiger partial charge is 0.198 e. The molecule has 12 heavy (non-hydrogen) atoms. The van der Waals surface area contributed by atoms with Gasteiger partial charge in [-0.3, -0.25) is 9.98 Å². The number of hydrogen-bond donors (Lipinski definition) is 2. The van der Waals surface area contributed by atoms with E-state index in [0.717, 1.165) is 11.0 Å². The van der Waals surface area contributed by atoms with Crippen LogP contribution in [0.2, 0.25) is 0 Å². The summed E-state index contributed by atoms with van der Waals surface area (Å²) in [4.78, 5) is 4.08. The van der Waals surface area contributed by atoms with Crippen LogP contribution in [0.4, 0.5) is 0 Å². The van der Waals surface area contributed by atoms with Crippen LogP contribution < -0.4 is 5.73 Å². The summed E-state index contributed by atoms with van der Waals surface area (Å²) in [5.41, 5.74) is 7.05. The van der Waals surface area contributed by atoms with E-state index >= 15 is 0 Å². The predicted molar refractivity (Wildman–Crippen MR) is 47.0 cm³/mol. The highest BCUT2D eigenvalue weighted by Gasteiger charge is 2.01. The topological polar surface area (TPSA) is 67.7 Å². The third-order valence-electron chi connectivity index (χ3n) is 1.71. The van der Waals surface area contributed by atoms with Gasteiger partial charge in [-0.1, -0.05) is 12.1 Å². The lowest BCUT2D eigenvalue weighted by molar-refractivity contribution is 1.11. The van der Waals surface area contributed by atoms with Crippen molar-refractivity contribution in [3.8, 4) is 0 Å². The number of fused-ring (bicyclic) bond motifs is 1. The Bertz CT molecular complexity index is 429. The molecule has 0 saturated heterocycles. The van der Waals surface area contributed by atoms with E-state index in [4.69, 9.17) is 11.1 Å². The van der Waals surface area contributed by atoms with Crippen molar-refractivity contribution in [2.75, 3.05) is 0 Å². The van der Waals surface area contributed by atoms with E-state index in [1.807, 2.05) is 24.3 Å². The Hall–Kier alpha value is -1.84. The summed E-state index contributed by atoms with van der Waals surface area (Å²) in [6, 6.07) is 7.56. The van der Waals surface area contributed by atoms with Gasteiger partial charge in [-0.2, -0.15) is 0 Å². The Morgan fingerprint density at radius 3 is 2.92 bits per heavy atom. The molecule has 0 unspecified atom stereocenters. The molecule has 0 aliphatic heterocycles. The fraction of sp³-hybridized carbons (Fsp3) is 0. The standard InChI is InChI=1S/C8H8N4/c9-8(10)12-5-11-6-3-1-2-4-7(6)12/h1-5H,(H3,9,10). The number of nitrogen functional groups attached to an aromatic ring is 1. The van der Waals surface area contributed by atoms with E-state index in [0.29, 0.717) is 0 Å². The van der Waals surface area contributed by atoms with Gasteiger partial charge in [-0.15, -0.1) is 0 Å². The van der Waals surface area contributed by atoms with Gasteiger partial charge < -0.3 is 5.73 Å². The Morgan fingerprint density at radius 2 is 2.17 bits per heavy atom. The fourth-order valence-corrected chi connectivity index (χ4v) is 1.15. The molecule has 2 aromatic rings. The minimum atomic E-state index is -0.0105. The molecule has 1 aromatic heterocycles. The van der Waals surface area contributed by atoms with Gasteiger partial charge >= 0.3 is 0 Å². The quantitative estimate of drug-likeness (QED) is 0.441. The van der Waals surface area contributed by atoms with Gasteiger partial charge in [0.2, 0.25) is 0 Å². The summed E-state index contributed by atoms with van der Waals surface area (Å²) in [6.45, 7) is 0. The molecule has 0 amide bonds. The maximum Gasteiger partial charge on any atom is 0.198 e. The summed E-state index contributed by atoms with van der Waals surface area (Å²) in [5, 5.41) is 7.23. The van der Waals surface area contributed by atoms with Gasteiger partial charge in [0.25, 0.3) is 0 Å². The van der Waals surface area contributed by atoms with Crippen LogP contribution in [0.15, 0.2) is 30.6 Å². The van der Waals surface area contributed by atoms with Gasteiger partial charge in [-0.25, -0.2) is 4.98 Å². The first kappa shape index (κ1) is 6.84. The van der Waals surface area contributed by atoms with E-state index in [1.165, 1.54) is 4.57 Å². The number of nitrogens with one attached hydrogen (secondary N) is 1. The molecule has 0 fully saturated rings. The molecular formula is C8H8N4. The summed E-state index contributed by atoms with van der Waals surface area (Å²) >= 11 is 0. The number of benzene rings is 1. The number of aromatic nitrogens is 2. The second-order valence-corrected chi connectivity index (χ2v) is 2.49. The van der Waals surface area contributed by atoms with Crippen molar-refractivity contribution < 1.29 is 0 Å². The number of nitrogens with zero attached hydrogens (tertiary/aromatic N) is 2. The highest BCUT2D eigenvalue weighted by atomic mass is 15.1. The Kier molecular flexibility index (Phi) is 1.33. The number of para-hydroxylation sites is 2. The molecule has 0 aliphatic carbocycles. The SMILES string of the molecule is N=C(N)n1cnc2ccccc21. The van der Waals surface area contributed by atoms with Crippen LogP contribution in [0.3, 0.4) is 0 Å². The molecule has 1 heterocycles. The molecule has 1 aromatic carbocycles. The molecule has 3 N–H and O–H groups in total. The minimum Gasteiger partial charge on any atom is -0.369 e. The van der Waals surface area contributed by atoms with Crippen molar-refractivity contribution in [3.05, 3.63) is 30.6 Å². The molecule has 0 atom stereocenters. The van der Waals surface area contributed by atoms with Gasteiger partial charge in [-0.05, 0) is 12.1 Å². The molecule has 0 aliphatic rings. The Morgan fingerprint density at radius 1 is 1.42 bits per heavy atom. The van der Waals surface area contributed by atoms with Crippen LogP contribution in [0.1, 0.15) is 0 Å². The summed E-state index contributed by atoms with van der Waals surface area (Å²) in [5.74, 6) is -0.0105. The third-order valence-corrected chi connectivity index (χ3v) is 1.71. The van der Waals surface area contributed by atoms with Crippen molar-refractivity contribution in [2.45, 2.75) is 0 Å². The number of nitrogens with two attached hydrogens (primary N) is 1. The van der Waals surface area contributed by atoms with Gasteiger partial charge in [0, 0.05) is 0 Å². The molecule has 60 valence electrons. The van der Waals surface area contributed by atoms with E-state index in [1.54, 1.807) is 6.33 Å². The predicted octanol–water partition coefficient (Wildman–Crippen LogP) is 0.778. The largest absolute Gasteiger partial charge is 0.369 e.